The third kappa shape index (κ3) is 5.24. The fraction of sp³-hybridized carbons (Fsp3) is 0.308. The Hall–Kier alpha value is -1.80. The van der Waals surface area contributed by atoms with Crippen LogP contribution in [0, 0.1) is 0 Å². The van der Waals surface area contributed by atoms with Crippen molar-refractivity contribution in [3.8, 4) is 10.9 Å². The van der Waals surface area contributed by atoms with Gasteiger partial charge in [-0.2, -0.15) is 9.36 Å². The molecule has 0 aliphatic heterocycles. The minimum Gasteiger partial charge on any atom is -0.490 e. The maximum absolute atomic E-state index is 11.5. The molecule has 0 saturated carbocycles. The van der Waals surface area contributed by atoms with Crippen LogP contribution in [0.2, 0.25) is 0 Å². The van der Waals surface area contributed by atoms with Gasteiger partial charge in [0.1, 0.15) is 19.0 Å². The second-order valence-corrected chi connectivity index (χ2v) is 5.75. The lowest BCUT2D eigenvalue weighted by atomic mass is 10.3. The van der Waals surface area contributed by atoms with Crippen LogP contribution in [0.1, 0.15) is 0 Å². The largest absolute Gasteiger partial charge is 0.490 e. The zero-order valence-corrected chi connectivity index (χ0v) is 13.3. The molecule has 0 atom stereocenters. The zero-order valence-electron chi connectivity index (χ0n) is 11.7. The predicted molar refractivity (Wildman–Crippen MR) is 82.3 cm³/mol. The fourth-order valence-corrected chi connectivity index (χ4v) is 2.52. The summed E-state index contributed by atoms with van der Waals surface area (Å²) >= 11 is 2.09. The summed E-state index contributed by atoms with van der Waals surface area (Å²) in [5, 5.41) is 0.713. The molecule has 6 nitrogen and oxygen atoms in total. The second-order valence-electron chi connectivity index (χ2n) is 4.12. The van der Waals surface area contributed by atoms with Gasteiger partial charge in [0, 0.05) is 37.4 Å². The van der Waals surface area contributed by atoms with Gasteiger partial charge in [-0.05, 0) is 12.1 Å². The quantitative estimate of drug-likeness (QED) is 0.601. The Morgan fingerprint density at radius 1 is 1.24 bits per heavy atom. The highest BCUT2D eigenvalue weighted by molar-refractivity contribution is 8.13. The minimum absolute atomic E-state index is 0.119. The summed E-state index contributed by atoms with van der Waals surface area (Å²) in [7, 11) is 3.36. The molecule has 1 aromatic carbocycles. The van der Waals surface area contributed by atoms with Gasteiger partial charge in [0.05, 0.1) is 0 Å². The topological polar surface area (TPSA) is 64.6 Å². The van der Waals surface area contributed by atoms with E-state index in [1.807, 2.05) is 30.3 Å². The molecule has 0 saturated heterocycles. The number of ether oxygens (including phenoxy) is 2. The summed E-state index contributed by atoms with van der Waals surface area (Å²) in [5.74, 6) is 0.797. The minimum atomic E-state index is -0.119. The summed E-state index contributed by atoms with van der Waals surface area (Å²) in [6, 6.07) is 9.51. The molecular weight excluding hydrogens is 310 g/mol. The van der Waals surface area contributed by atoms with E-state index in [0.29, 0.717) is 23.6 Å². The molecule has 0 spiro atoms. The second kappa shape index (κ2) is 7.84. The van der Waals surface area contributed by atoms with Gasteiger partial charge < -0.3 is 14.4 Å². The van der Waals surface area contributed by atoms with Crippen LogP contribution in [0.15, 0.2) is 35.5 Å². The summed E-state index contributed by atoms with van der Waals surface area (Å²) in [6.45, 7) is 0.790. The van der Waals surface area contributed by atoms with Crippen LogP contribution in [0.3, 0.4) is 0 Å². The number of nitrogens with zero attached hydrogens (tertiary/aromatic N) is 3. The van der Waals surface area contributed by atoms with Crippen molar-refractivity contribution in [3.63, 3.8) is 0 Å². The van der Waals surface area contributed by atoms with E-state index < -0.39 is 0 Å². The lowest BCUT2D eigenvalue weighted by molar-refractivity contribution is 0.216. The van der Waals surface area contributed by atoms with Gasteiger partial charge in [-0.25, -0.2) is 0 Å². The van der Waals surface area contributed by atoms with E-state index in [0.717, 1.165) is 29.0 Å². The highest BCUT2D eigenvalue weighted by atomic mass is 32.2. The van der Waals surface area contributed by atoms with Crippen molar-refractivity contribution in [2.24, 2.45) is 0 Å². The van der Waals surface area contributed by atoms with Crippen LogP contribution in [-0.2, 0) is 0 Å². The number of hydrogen-bond donors (Lipinski definition) is 0. The molecule has 0 unspecified atom stereocenters. The number of aromatic nitrogens is 2. The molecule has 0 aliphatic rings. The number of carbonyl (C=O) groups excluding carboxylic acids is 1. The molecule has 2 rings (SSSR count). The first kappa shape index (κ1) is 15.6. The highest BCUT2D eigenvalue weighted by Crippen LogP contribution is 2.23. The normalized spacial score (nSPS) is 10.2. The summed E-state index contributed by atoms with van der Waals surface area (Å²) in [6.07, 6.45) is 0. The van der Waals surface area contributed by atoms with Gasteiger partial charge in [0.15, 0.2) is 0 Å². The van der Waals surface area contributed by atoms with E-state index in [1.54, 1.807) is 14.1 Å². The van der Waals surface area contributed by atoms with E-state index in [2.05, 4.69) is 9.36 Å². The molecule has 0 N–H and O–H groups in total. The number of carbonyl (C=O) groups is 1. The van der Waals surface area contributed by atoms with Crippen molar-refractivity contribution in [1.29, 1.82) is 0 Å². The molecule has 1 amide bonds. The first-order chi connectivity index (χ1) is 10.1. The number of para-hydroxylation sites is 1. The number of amides is 1. The van der Waals surface area contributed by atoms with Crippen LogP contribution >= 0.6 is 23.3 Å². The number of benzene rings is 1. The fourth-order valence-electron chi connectivity index (χ4n) is 1.27. The molecule has 0 fully saturated rings. The molecule has 21 heavy (non-hydrogen) atoms. The van der Waals surface area contributed by atoms with Crippen molar-refractivity contribution in [1.82, 2.24) is 14.3 Å². The predicted octanol–water partition coefficient (Wildman–Crippen LogP) is 2.77. The van der Waals surface area contributed by atoms with Crippen LogP contribution in [0.4, 0.5) is 4.79 Å². The Balaban J connectivity index is 1.72. The lowest BCUT2D eigenvalue weighted by Gasteiger charge is -2.06. The Labute approximate surface area is 131 Å². The van der Waals surface area contributed by atoms with Crippen LogP contribution in [0.25, 0.3) is 0 Å². The van der Waals surface area contributed by atoms with E-state index >= 15 is 0 Å². The molecule has 0 bridgehead atoms. The number of rotatable bonds is 6. The molecule has 1 aromatic heterocycles. The average Bonchev–Trinajstić information content (AvgIpc) is 2.92. The Bertz CT molecular complexity index is 575. The summed E-state index contributed by atoms with van der Waals surface area (Å²) in [5.41, 5.74) is 0. The van der Waals surface area contributed by atoms with Crippen molar-refractivity contribution in [2.45, 2.75) is 5.16 Å². The number of hydrogen-bond acceptors (Lipinski definition) is 7. The van der Waals surface area contributed by atoms with Crippen molar-refractivity contribution < 1.29 is 14.3 Å². The monoisotopic (exact) mass is 325 g/mol. The molecule has 2 aromatic rings. The van der Waals surface area contributed by atoms with E-state index in [9.17, 15) is 4.79 Å². The smallest absolute Gasteiger partial charge is 0.294 e. The lowest BCUT2D eigenvalue weighted by Crippen LogP contribution is -2.16. The molecule has 8 heteroatoms. The maximum Gasteiger partial charge on any atom is 0.294 e. The standard InChI is InChI=1S/C13H15N3O3S2/c1-16(2)13(17)20-11-14-12(21-15-11)19-9-8-18-10-6-4-3-5-7-10/h3-7H,8-9H2,1-2H3. The SMILES string of the molecule is CN(C)C(=O)Sc1nsc(OCCOc2ccccc2)n1. The average molecular weight is 325 g/mol. The first-order valence-electron chi connectivity index (χ1n) is 6.18. The first-order valence-corrected chi connectivity index (χ1v) is 7.77. The van der Waals surface area contributed by atoms with Crippen LogP contribution in [-0.4, -0.2) is 46.8 Å². The molecule has 0 radical (unpaired) electrons. The molecule has 0 aliphatic carbocycles. The highest BCUT2D eigenvalue weighted by Gasteiger charge is 2.12. The maximum atomic E-state index is 11.5. The van der Waals surface area contributed by atoms with Gasteiger partial charge in [0.2, 0.25) is 5.16 Å². The van der Waals surface area contributed by atoms with E-state index in [-0.39, 0.29) is 5.24 Å². The van der Waals surface area contributed by atoms with Gasteiger partial charge in [-0.1, -0.05) is 18.2 Å². The van der Waals surface area contributed by atoms with Gasteiger partial charge in [-0.15, -0.1) is 0 Å². The number of thioether (sulfide) groups is 1. The van der Waals surface area contributed by atoms with Crippen molar-refractivity contribution in [3.05, 3.63) is 30.3 Å². The van der Waals surface area contributed by atoms with Crippen molar-refractivity contribution >= 4 is 28.5 Å². The Morgan fingerprint density at radius 2 is 1.95 bits per heavy atom. The van der Waals surface area contributed by atoms with Gasteiger partial charge in [-0.3, -0.25) is 4.79 Å². The summed E-state index contributed by atoms with van der Waals surface area (Å²) in [4.78, 5) is 17.1. The Morgan fingerprint density at radius 3 is 2.67 bits per heavy atom. The van der Waals surface area contributed by atoms with Crippen molar-refractivity contribution in [2.75, 3.05) is 27.3 Å². The summed E-state index contributed by atoms with van der Waals surface area (Å²) < 4.78 is 15.0. The van der Waals surface area contributed by atoms with E-state index in [1.165, 1.54) is 4.90 Å². The Kier molecular flexibility index (Phi) is 5.82. The van der Waals surface area contributed by atoms with Gasteiger partial charge in [0.25, 0.3) is 10.4 Å². The van der Waals surface area contributed by atoms with E-state index in [4.69, 9.17) is 9.47 Å². The third-order valence-electron chi connectivity index (χ3n) is 2.25. The molecular formula is C13H15N3O3S2. The molecule has 112 valence electrons. The third-order valence-corrected chi connectivity index (χ3v) is 3.90. The van der Waals surface area contributed by atoms with Gasteiger partial charge >= 0.3 is 0 Å². The molecule has 1 heterocycles. The van der Waals surface area contributed by atoms with Crippen LogP contribution in [0.5, 0.6) is 10.9 Å². The van der Waals surface area contributed by atoms with Crippen LogP contribution < -0.4 is 9.47 Å². The zero-order chi connectivity index (χ0) is 15.1.